The summed E-state index contributed by atoms with van der Waals surface area (Å²) in [5, 5.41) is 7.77. The molecule has 0 bridgehead atoms. The van der Waals surface area contributed by atoms with E-state index >= 15 is 0 Å². The SMILES string of the molecule is CC1(C)NC(=O)CCC1NC(=O)c1ccsc1Br. The van der Waals surface area contributed by atoms with Gasteiger partial charge in [0.2, 0.25) is 5.91 Å². The second-order valence-electron chi connectivity index (χ2n) is 4.94. The Morgan fingerprint density at radius 3 is 2.89 bits per heavy atom. The zero-order chi connectivity index (χ0) is 13.3. The number of piperidine rings is 1. The molecule has 0 saturated carbocycles. The van der Waals surface area contributed by atoms with Crippen molar-refractivity contribution in [2.45, 2.75) is 38.3 Å². The van der Waals surface area contributed by atoms with Crippen molar-refractivity contribution in [1.29, 1.82) is 0 Å². The second-order valence-corrected chi connectivity index (χ2v) is 7.18. The van der Waals surface area contributed by atoms with Crippen molar-refractivity contribution in [2.75, 3.05) is 0 Å². The lowest BCUT2D eigenvalue weighted by molar-refractivity contribution is -0.125. The fourth-order valence-corrected chi connectivity index (χ4v) is 3.34. The van der Waals surface area contributed by atoms with Crippen LogP contribution in [0.3, 0.4) is 0 Å². The van der Waals surface area contributed by atoms with Crippen LogP contribution in [0.25, 0.3) is 0 Å². The minimum absolute atomic E-state index is 0.0437. The third kappa shape index (κ3) is 2.75. The molecule has 1 unspecified atom stereocenters. The highest BCUT2D eigenvalue weighted by Crippen LogP contribution is 2.25. The van der Waals surface area contributed by atoms with Crippen LogP contribution in [0.1, 0.15) is 37.0 Å². The molecule has 0 spiro atoms. The predicted octanol–water partition coefficient (Wildman–Crippen LogP) is 2.30. The van der Waals surface area contributed by atoms with E-state index in [2.05, 4.69) is 26.6 Å². The molecule has 98 valence electrons. The lowest BCUT2D eigenvalue weighted by Gasteiger charge is -2.39. The molecule has 2 amide bonds. The van der Waals surface area contributed by atoms with Crippen LogP contribution in [-0.4, -0.2) is 23.4 Å². The standard InChI is InChI=1S/C12H15BrN2O2S/c1-12(2)8(3-4-9(16)15-12)14-11(17)7-5-6-18-10(7)13/h5-6,8H,3-4H2,1-2H3,(H,14,17)(H,15,16). The fraction of sp³-hybridized carbons (Fsp3) is 0.500. The lowest BCUT2D eigenvalue weighted by Crippen LogP contribution is -2.62. The van der Waals surface area contributed by atoms with E-state index in [0.717, 1.165) is 3.79 Å². The first-order valence-corrected chi connectivity index (χ1v) is 7.42. The van der Waals surface area contributed by atoms with E-state index in [1.165, 1.54) is 11.3 Å². The van der Waals surface area contributed by atoms with Crippen molar-refractivity contribution in [2.24, 2.45) is 0 Å². The summed E-state index contributed by atoms with van der Waals surface area (Å²) < 4.78 is 0.831. The number of amides is 2. The number of nitrogens with one attached hydrogen (secondary N) is 2. The van der Waals surface area contributed by atoms with Crippen molar-refractivity contribution in [1.82, 2.24) is 10.6 Å². The highest BCUT2D eigenvalue weighted by Gasteiger charge is 2.36. The molecular weight excluding hydrogens is 316 g/mol. The number of carbonyl (C=O) groups is 2. The van der Waals surface area contributed by atoms with E-state index < -0.39 is 5.54 Å². The molecule has 6 heteroatoms. The van der Waals surface area contributed by atoms with Crippen LogP contribution in [0, 0.1) is 0 Å². The van der Waals surface area contributed by atoms with Crippen LogP contribution in [0.4, 0.5) is 0 Å². The molecule has 4 nitrogen and oxygen atoms in total. The largest absolute Gasteiger partial charge is 0.349 e. The van der Waals surface area contributed by atoms with Crippen molar-refractivity contribution < 1.29 is 9.59 Å². The van der Waals surface area contributed by atoms with Gasteiger partial charge in [0.25, 0.3) is 5.91 Å². The topological polar surface area (TPSA) is 58.2 Å². The van der Waals surface area contributed by atoms with Gasteiger partial charge >= 0.3 is 0 Å². The summed E-state index contributed by atoms with van der Waals surface area (Å²) in [4.78, 5) is 23.5. The zero-order valence-electron chi connectivity index (χ0n) is 10.2. The molecule has 1 fully saturated rings. The molecule has 2 rings (SSSR count). The van der Waals surface area contributed by atoms with Gasteiger partial charge in [-0.1, -0.05) is 0 Å². The van der Waals surface area contributed by atoms with Gasteiger partial charge in [-0.25, -0.2) is 0 Å². The van der Waals surface area contributed by atoms with Crippen molar-refractivity contribution in [3.8, 4) is 0 Å². The van der Waals surface area contributed by atoms with Gasteiger partial charge in [0.05, 0.1) is 20.9 Å². The Hall–Kier alpha value is -0.880. The first kappa shape index (κ1) is 13.5. The molecule has 0 aromatic carbocycles. The monoisotopic (exact) mass is 330 g/mol. The summed E-state index contributed by atoms with van der Waals surface area (Å²) in [5.41, 5.74) is 0.237. The predicted molar refractivity (Wildman–Crippen MR) is 74.7 cm³/mol. The summed E-state index contributed by atoms with van der Waals surface area (Å²) in [6, 6.07) is 1.74. The molecule has 2 N–H and O–H groups in total. The summed E-state index contributed by atoms with van der Waals surface area (Å²) >= 11 is 4.84. The van der Waals surface area contributed by atoms with Gasteiger partial charge in [0.1, 0.15) is 0 Å². The molecule has 2 heterocycles. The number of thiophene rings is 1. The van der Waals surface area contributed by atoms with E-state index in [0.29, 0.717) is 18.4 Å². The first-order valence-electron chi connectivity index (χ1n) is 5.75. The zero-order valence-corrected chi connectivity index (χ0v) is 12.7. The van der Waals surface area contributed by atoms with Crippen LogP contribution in [0.2, 0.25) is 0 Å². The summed E-state index contributed by atoms with van der Waals surface area (Å²) in [5.74, 6) is -0.0560. The van der Waals surface area contributed by atoms with Crippen LogP contribution >= 0.6 is 27.3 Å². The molecule has 1 aliphatic heterocycles. The molecule has 18 heavy (non-hydrogen) atoms. The first-order chi connectivity index (χ1) is 8.40. The molecule has 1 aromatic rings. The maximum atomic E-state index is 12.1. The number of hydrogen-bond acceptors (Lipinski definition) is 3. The van der Waals surface area contributed by atoms with Gasteiger partial charge in [0, 0.05) is 6.42 Å². The third-order valence-corrected chi connectivity index (χ3v) is 4.85. The minimum Gasteiger partial charge on any atom is -0.349 e. The molecule has 0 aliphatic carbocycles. The number of carbonyl (C=O) groups excluding carboxylic acids is 2. The lowest BCUT2D eigenvalue weighted by atomic mass is 9.86. The fourth-order valence-electron chi connectivity index (χ4n) is 2.09. The van der Waals surface area contributed by atoms with Gasteiger partial charge in [-0.3, -0.25) is 9.59 Å². The molecule has 1 aromatic heterocycles. The van der Waals surface area contributed by atoms with Gasteiger partial charge in [-0.2, -0.15) is 0 Å². The van der Waals surface area contributed by atoms with Gasteiger partial charge in [0.15, 0.2) is 0 Å². The Kier molecular flexibility index (Phi) is 3.77. The molecule has 0 radical (unpaired) electrons. The van der Waals surface area contributed by atoms with E-state index in [4.69, 9.17) is 0 Å². The van der Waals surface area contributed by atoms with E-state index in [1.807, 2.05) is 19.2 Å². The molecule has 1 aliphatic rings. The third-order valence-electron chi connectivity index (χ3n) is 3.16. The highest BCUT2D eigenvalue weighted by molar-refractivity contribution is 9.11. The summed E-state index contributed by atoms with van der Waals surface area (Å²) in [7, 11) is 0. The van der Waals surface area contributed by atoms with Crippen LogP contribution in [-0.2, 0) is 4.79 Å². The Labute approximate surface area is 118 Å². The van der Waals surface area contributed by atoms with Gasteiger partial charge in [-0.15, -0.1) is 11.3 Å². The highest BCUT2D eigenvalue weighted by atomic mass is 79.9. The number of hydrogen-bond donors (Lipinski definition) is 2. The van der Waals surface area contributed by atoms with Gasteiger partial charge < -0.3 is 10.6 Å². The normalized spacial score (nSPS) is 22.4. The summed E-state index contributed by atoms with van der Waals surface area (Å²) in [6.45, 7) is 3.86. The van der Waals surface area contributed by atoms with E-state index in [9.17, 15) is 9.59 Å². The Morgan fingerprint density at radius 2 is 2.33 bits per heavy atom. The minimum atomic E-state index is -0.409. The molecule has 1 saturated heterocycles. The average Bonchev–Trinajstić information content (AvgIpc) is 2.68. The Morgan fingerprint density at radius 1 is 1.61 bits per heavy atom. The van der Waals surface area contributed by atoms with Crippen molar-refractivity contribution in [3.05, 3.63) is 20.8 Å². The Balaban J connectivity index is 2.08. The van der Waals surface area contributed by atoms with Crippen LogP contribution in [0.15, 0.2) is 15.2 Å². The van der Waals surface area contributed by atoms with Gasteiger partial charge in [-0.05, 0) is 47.6 Å². The van der Waals surface area contributed by atoms with Crippen LogP contribution < -0.4 is 10.6 Å². The maximum Gasteiger partial charge on any atom is 0.253 e. The quantitative estimate of drug-likeness (QED) is 0.874. The van der Waals surface area contributed by atoms with Crippen molar-refractivity contribution in [3.63, 3.8) is 0 Å². The smallest absolute Gasteiger partial charge is 0.253 e. The van der Waals surface area contributed by atoms with Crippen molar-refractivity contribution >= 4 is 39.1 Å². The van der Waals surface area contributed by atoms with E-state index in [-0.39, 0.29) is 17.9 Å². The second kappa shape index (κ2) is 5.01. The molecule has 1 atom stereocenters. The average molecular weight is 331 g/mol. The number of rotatable bonds is 2. The van der Waals surface area contributed by atoms with Crippen LogP contribution in [0.5, 0.6) is 0 Å². The Bertz CT molecular complexity index is 484. The summed E-state index contributed by atoms with van der Waals surface area (Å²) in [6.07, 6.45) is 1.13. The number of halogens is 1. The van der Waals surface area contributed by atoms with E-state index in [1.54, 1.807) is 6.07 Å². The molecular formula is C12H15BrN2O2S. The maximum absolute atomic E-state index is 12.1.